The highest BCUT2D eigenvalue weighted by Gasteiger charge is 2.21. The average molecular weight is 453 g/mol. The molecule has 172 valence electrons. The number of hydrogen-bond acceptors (Lipinski definition) is 5. The molecule has 0 saturated heterocycles. The number of hydrogen-bond donors (Lipinski definition) is 2. The SMILES string of the molecule is CC(Nc1nccc(N(C(=O)Nc2ccccc2)c2ccc(N(C)C)cc2)n1)c1ccccc1. The van der Waals surface area contributed by atoms with Crippen molar-refractivity contribution in [3.63, 3.8) is 0 Å². The van der Waals surface area contributed by atoms with Crippen LogP contribution in [0.15, 0.2) is 97.2 Å². The number of aromatic nitrogens is 2. The first-order valence-electron chi connectivity index (χ1n) is 11.1. The molecular formula is C27H28N6O. The minimum Gasteiger partial charge on any atom is -0.378 e. The Kier molecular flexibility index (Phi) is 7.03. The molecule has 1 aromatic heterocycles. The van der Waals surface area contributed by atoms with E-state index >= 15 is 0 Å². The fraction of sp³-hybridized carbons (Fsp3) is 0.148. The first-order chi connectivity index (χ1) is 16.5. The summed E-state index contributed by atoms with van der Waals surface area (Å²) in [7, 11) is 3.95. The normalized spacial score (nSPS) is 11.4. The van der Waals surface area contributed by atoms with Crippen LogP contribution in [-0.2, 0) is 0 Å². The van der Waals surface area contributed by atoms with E-state index in [0.717, 1.165) is 11.3 Å². The second kappa shape index (κ2) is 10.5. The van der Waals surface area contributed by atoms with Gasteiger partial charge in [-0.15, -0.1) is 0 Å². The van der Waals surface area contributed by atoms with Gasteiger partial charge in [0.25, 0.3) is 0 Å². The van der Waals surface area contributed by atoms with E-state index in [1.165, 1.54) is 0 Å². The molecule has 0 aliphatic heterocycles. The molecule has 34 heavy (non-hydrogen) atoms. The summed E-state index contributed by atoms with van der Waals surface area (Å²) >= 11 is 0. The maximum absolute atomic E-state index is 13.4. The number of benzene rings is 3. The molecule has 0 bridgehead atoms. The minimum absolute atomic E-state index is 0.00224. The number of carbonyl (C=O) groups excluding carboxylic acids is 1. The predicted molar refractivity (Wildman–Crippen MR) is 139 cm³/mol. The molecule has 7 nitrogen and oxygen atoms in total. The number of nitrogens with one attached hydrogen (secondary N) is 2. The van der Waals surface area contributed by atoms with Crippen molar-refractivity contribution in [2.45, 2.75) is 13.0 Å². The Morgan fingerprint density at radius 2 is 1.44 bits per heavy atom. The van der Waals surface area contributed by atoms with Crippen LogP contribution in [0, 0.1) is 0 Å². The maximum Gasteiger partial charge on any atom is 0.332 e. The number of rotatable bonds is 7. The number of anilines is 5. The molecule has 0 aliphatic rings. The third kappa shape index (κ3) is 5.50. The Hall–Kier alpha value is -4.39. The lowest BCUT2D eigenvalue weighted by atomic mass is 10.1. The molecule has 2 N–H and O–H groups in total. The molecule has 4 aromatic rings. The summed E-state index contributed by atoms with van der Waals surface area (Å²) in [6.07, 6.45) is 1.65. The molecule has 1 heterocycles. The Labute approximate surface area is 200 Å². The van der Waals surface area contributed by atoms with Crippen LogP contribution in [0.25, 0.3) is 0 Å². The molecule has 0 radical (unpaired) electrons. The number of nitrogens with zero attached hydrogens (tertiary/aromatic N) is 4. The minimum atomic E-state index is -0.315. The van der Waals surface area contributed by atoms with E-state index in [-0.39, 0.29) is 12.1 Å². The zero-order valence-corrected chi connectivity index (χ0v) is 19.5. The first kappa shape index (κ1) is 22.8. The Morgan fingerprint density at radius 3 is 2.09 bits per heavy atom. The van der Waals surface area contributed by atoms with Crippen LogP contribution >= 0.6 is 0 Å². The van der Waals surface area contributed by atoms with Gasteiger partial charge in [-0.25, -0.2) is 14.7 Å². The topological polar surface area (TPSA) is 73.4 Å². The predicted octanol–water partition coefficient (Wildman–Crippen LogP) is 6.09. The number of amides is 2. The lowest BCUT2D eigenvalue weighted by Crippen LogP contribution is -2.31. The van der Waals surface area contributed by atoms with Crippen LogP contribution in [0.5, 0.6) is 0 Å². The fourth-order valence-electron chi connectivity index (χ4n) is 3.52. The van der Waals surface area contributed by atoms with Gasteiger partial charge in [0.05, 0.1) is 11.7 Å². The van der Waals surface area contributed by atoms with Crippen molar-refractivity contribution < 1.29 is 4.79 Å². The summed E-state index contributed by atoms with van der Waals surface area (Å²) in [5, 5.41) is 6.29. The van der Waals surface area contributed by atoms with Crippen molar-refractivity contribution in [3.05, 3.63) is 103 Å². The van der Waals surface area contributed by atoms with Crippen molar-refractivity contribution in [1.82, 2.24) is 9.97 Å². The van der Waals surface area contributed by atoms with Gasteiger partial charge < -0.3 is 15.5 Å². The summed E-state index contributed by atoms with van der Waals surface area (Å²) in [4.78, 5) is 26.0. The van der Waals surface area contributed by atoms with Gasteiger partial charge in [-0.2, -0.15) is 4.98 Å². The van der Waals surface area contributed by atoms with Crippen LogP contribution in [0.4, 0.5) is 33.6 Å². The Bertz CT molecular complexity index is 1210. The second-order valence-electron chi connectivity index (χ2n) is 8.06. The number of urea groups is 1. The third-order valence-corrected chi connectivity index (χ3v) is 5.37. The highest BCUT2D eigenvalue weighted by Crippen LogP contribution is 2.28. The van der Waals surface area contributed by atoms with Gasteiger partial charge in [0, 0.05) is 37.7 Å². The quantitative estimate of drug-likeness (QED) is 0.355. The molecule has 1 unspecified atom stereocenters. The second-order valence-corrected chi connectivity index (χ2v) is 8.06. The van der Waals surface area contributed by atoms with E-state index in [1.54, 1.807) is 17.2 Å². The van der Waals surface area contributed by atoms with Crippen molar-refractivity contribution in [3.8, 4) is 0 Å². The molecule has 0 aliphatic carbocycles. The van der Waals surface area contributed by atoms with E-state index in [9.17, 15) is 4.79 Å². The third-order valence-electron chi connectivity index (χ3n) is 5.37. The van der Waals surface area contributed by atoms with Crippen LogP contribution in [0.3, 0.4) is 0 Å². The zero-order chi connectivity index (χ0) is 23.9. The molecular weight excluding hydrogens is 424 g/mol. The van der Waals surface area contributed by atoms with Gasteiger partial charge in [0.1, 0.15) is 5.82 Å². The Morgan fingerprint density at radius 1 is 0.824 bits per heavy atom. The van der Waals surface area contributed by atoms with Gasteiger partial charge in [0.2, 0.25) is 5.95 Å². The van der Waals surface area contributed by atoms with Crippen LogP contribution < -0.4 is 20.4 Å². The lowest BCUT2D eigenvalue weighted by Gasteiger charge is -2.24. The van der Waals surface area contributed by atoms with Gasteiger partial charge in [-0.1, -0.05) is 48.5 Å². The van der Waals surface area contributed by atoms with E-state index in [0.29, 0.717) is 23.1 Å². The lowest BCUT2D eigenvalue weighted by molar-refractivity contribution is 0.259. The van der Waals surface area contributed by atoms with E-state index in [4.69, 9.17) is 0 Å². The van der Waals surface area contributed by atoms with Crippen molar-refractivity contribution in [2.75, 3.05) is 34.5 Å². The zero-order valence-electron chi connectivity index (χ0n) is 19.5. The van der Waals surface area contributed by atoms with Gasteiger partial charge >= 0.3 is 6.03 Å². The number of carbonyl (C=O) groups is 1. The number of para-hydroxylation sites is 1. The van der Waals surface area contributed by atoms with Crippen molar-refractivity contribution in [1.29, 1.82) is 0 Å². The average Bonchev–Trinajstić information content (AvgIpc) is 2.86. The van der Waals surface area contributed by atoms with Gasteiger partial charge in [-0.05, 0) is 48.9 Å². The van der Waals surface area contributed by atoms with Crippen LogP contribution in [0.2, 0.25) is 0 Å². The highest BCUT2D eigenvalue weighted by atomic mass is 16.2. The summed E-state index contributed by atoms with van der Waals surface area (Å²) in [5.41, 5.74) is 3.55. The molecule has 0 saturated carbocycles. The molecule has 3 aromatic carbocycles. The maximum atomic E-state index is 13.4. The van der Waals surface area contributed by atoms with Crippen molar-refractivity contribution in [2.24, 2.45) is 0 Å². The first-order valence-corrected chi connectivity index (χ1v) is 11.1. The fourth-order valence-corrected chi connectivity index (χ4v) is 3.52. The summed E-state index contributed by atoms with van der Waals surface area (Å²) < 4.78 is 0. The van der Waals surface area contributed by atoms with Crippen LogP contribution in [0.1, 0.15) is 18.5 Å². The van der Waals surface area contributed by atoms with E-state index in [2.05, 4.69) is 20.6 Å². The van der Waals surface area contributed by atoms with Crippen LogP contribution in [-0.4, -0.2) is 30.1 Å². The summed E-state index contributed by atoms with van der Waals surface area (Å²) in [5.74, 6) is 0.903. The molecule has 1 atom stereocenters. The summed E-state index contributed by atoms with van der Waals surface area (Å²) in [6.45, 7) is 2.05. The molecule has 4 rings (SSSR count). The monoisotopic (exact) mass is 452 g/mol. The largest absolute Gasteiger partial charge is 0.378 e. The molecule has 2 amide bonds. The smallest absolute Gasteiger partial charge is 0.332 e. The van der Waals surface area contributed by atoms with Gasteiger partial charge in [0.15, 0.2) is 0 Å². The molecule has 0 spiro atoms. The highest BCUT2D eigenvalue weighted by molar-refractivity contribution is 6.06. The molecule has 7 heteroatoms. The van der Waals surface area contributed by atoms with E-state index < -0.39 is 0 Å². The molecule has 0 fully saturated rings. The standard InChI is InChI=1S/C27H28N6O/c1-20(21-10-6-4-7-11-21)29-26-28-19-18-25(31-26)33(24-16-14-23(15-17-24)32(2)3)27(34)30-22-12-8-5-9-13-22/h4-20H,1-3H3,(H,30,34)(H,28,29,31). The van der Waals surface area contributed by atoms with E-state index in [1.807, 2.05) is 111 Å². The van der Waals surface area contributed by atoms with Gasteiger partial charge in [-0.3, -0.25) is 0 Å². The Balaban J connectivity index is 1.65. The van der Waals surface area contributed by atoms with Crippen molar-refractivity contribution >= 4 is 34.9 Å². The summed E-state index contributed by atoms with van der Waals surface area (Å²) in [6, 6.07) is 28.6.